The summed E-state index contributed by atoms with van der Waals surface area (Å²) in [6.07, 6.45) is 4.31. The van der Waals surface area contributed by atoms with Gasteiger partial charge in [-0.2, -0.15) is 0 Å². The minimum atomic E-state index is -0.474. The van der Waals surface area contributed by atoms with Crippen molar-refractivity contribution in [1.29, 1.82) is 0 Å². The molecule has 11 aromatic rings. The smallest absolute Gasteiger partial charge is 0.0640 e. The zero-order valence-corrected chi connectivity index (χ0v) is 41.2. The SMILES string of the molecule is C=c1cccc/c1=C(/C=CC)c1ccc(-c2ccc3c(c2)C(C)(c2ccc(C)cc2)c2cc(N(c4ccc(-c5ccccc5C)c(C)c4)c4cccc5c4sc4ccccc45)c4ccccc4c2-3)cc1. The number of allylic oxidation sites excluding steroid dienone is 2. The number of hydrogen-bond donors (Lipinski definition) is 0. The summed E-state index contributed by atoms with van der Waals surface area (Å²) in [7, 11) is 0. The van der Waals surface area contributed by atoms with Crippen molar-refractivity contribution in [1.82, 2.24) is 0 Å². The van der Waals surface area contributed by atoms with Crippen molar-refractivity contribution in [2.24, 2.45) is 0 Å². The van der Waals surface area contributed by atoms with E-state index in [4.69, 9.17) is 0 Å². The fourth-order valence-corrected chi connectivity index (χ4v) is 12.5. The maximum atomic E-state index is 4.36. The normalized spacial score (nSPS) is 14.6. The van der Waals surface area contributed by atoms with E-state index >= 15 is 0 Å². The molecule has 1 nitrogen and oxygen atoms in total. The summed E-state index contributed by atoms with van der Waals surface area (Å²) in [6, 6.07) is 77.1. The van der Waals surface area contributed by atoms with Gasteiger partial charge in [-0.25, -0.2) is 0 Å². The summed E-state index contributed by atoms with van der Waals surface area (Å²) in [6.45, 7) is 15.6. The highest BCUT2D eigenvalue weighted by atomic mass is 32.1. The van der Waals surface area contributed by atoms with Crippen LogP contribution in [-0.2, 0) is 5.41 Å². The molecule has 0 bridgehead atoms. The van der Waals surface area contributed by atoms with Gasteiger partial charge in [-0.05, 0) is 159 Å². The number of thiophene rings is 1. The van der Waals surface area contributed by atoms with Crippen LogP contribution in [0.4, 0.5) is 17.1 Å². The molecule has 1 unspecified atom stereocenters. The number of benzene rings is 10. The van der Waals surface area contributed by atoms with Crippen LogP contribution in [0, 0.1) is 20.8 Å². The van der Waals surface area contributed by atoms with Gasteiger partial charge in [0, 0.05) is 32.0 Å². The zero-order chi connectivity index (χ0) is 47.7. The third kappa shape index (κ3) is 6.97. The first-order chi connectivity index (χ1) is 34.2. The van der Waals surface area contributed by atoms with Gasteiger partial charge in [-0.15, -0.1) is 11.3 Å². The summed E-state index contributed by atoms with van der Waals surface area (Å²) in [5.74, 6) is 0. The highest BCUT2D eigenvalue weighted by Gasteiger charge is 2.43. The van der Waals surface area contributed by atoms with Gasteiger partial charge in [0.1, 0.15) is 0 Å². The Hall–Kier alpha value is -8.04. The lowest BCUT2D eigenvalue weighted by Gasteiger charge is -2.32. The molecule has 336 valence electrons. The highest BCUT2D eigenvalue weighted by molar-refractivity contribution is 7.26. The molecule has 2 heteroatoms. The molecule has 1 aliphatic rings. The van der Waals surface area contributed by atoms with E-state index in [1.165, 1.54) is 120 Å². The Morgan fingerprint density at radius 3 is 1.97 bits per heavy atom. The number of hydrogen-bond acceptors (Lipinski definition) is 2. The van der Waals surface area contributed by atoms with Gasteiger partial charge in [0.25, 0.3) is 0 Å². The molecule has 0 saturated heterocycles. The monoisotopic (exact) mass is 915 g/mol. The Bertz CT molecular complexity index is 4020. The predicted molar refractivity (Wildman–Crippen MR) is 303 cm³/mol. The third-order valence-corrected chi connectivity index (χ3v) is 16.2. The maximum Gasteiger partial charge on any atom is 0.0640 e. The average molecular weight is 916 g/mol. The zero-order valence-electron chi connectivity index (χ0n) is 40.3. The highest BCUT2D eigenvalue weighted by Crippen LogP contribution is 2.58. The molecular weight excluding hydrogens is 863 g/mol. The van der Waals surface area contributed by atoms with Crippen LogP contribution in [0.25, 0.3) is 76.5 Å². The number of fused-ring (bicyclic) bond motifs is 8. The van der Waals surface area contributed by atoms with E-state index in [9.17, 15) is 0 Å². The molecule has 0 spiro atoms. The summed E-state index contributed by atoms with van der Waals surface area (Å²) >= 11 is 1.89. The number of anilines is 3. The minimum absolute atomic E-state index is 0.474. The van der Waals surface area contributed by atoms with Crippen molar-refractivity contribution >= 4 is 71.5 Å². The molecular formula is C68H53NS. The molecule has 1 aliphatic carbocycles. The van der Waals surface area contributed by atoms with E-state index in [1.54, 1.807) is 0 Å². The largest absolute Gasteiger partial charge is 0.308 e. The topological polar surface area (TPSA) is 3.24 Å². The molecule has 0 N–H and O–H groups in total. The predicted octanol–water partition coefficient (Wildman–Crippen LogP) is 17.5. The molecule has 12 rings (SSSR count). The van der Waals surface area contributed by atoms with Crippen LogP contribution in [0.15, 0.2) is 218 Å². The Balaban J connectivity index is 1.09. The first-order valence-corrected chi connectivity index (χ1v) is 25.2. The van der Waals surface area contributed by atoms with Crippen LogP contribution in [0.1, 0.15) is 52.8 Å². The quantitative estimate of drug-likeness (QED) is 0.147. The van der Waals surface area contributed by atoms with E-state index in [2.05, 4.69) is 265 Å². The standard InChI is InChI=1S/C68H53NS/c1-7-17-55(53-21-11-9-19-45(53)4)48-32-30-47(31-33-48)49-34-38-60-61(41-49)68(6,50-35-28-43(2)29-36-50)62-42-64(56-22-12-13-24-58(56)66(60)62)69(51-37-39-54(46(5)40-51)52-20-10-8-18-44(52)3)63-26-16-25-59-57-23-14-15-27-65(57)70-67(59)63/h7-42H,4H2,1-3,5-6H3/b17-7?,55-53+. The van der Waals surface area contributed by atoms with Crippen molar-refractivity contribution < 1.29 is 0 Å². The Kier molecular flexibility index (Phi) is 10.6. The van der Waals surface area contributed by atoms with E-state index in [0.717, 1.165) is 16.1 Å². The van der Waals surface area contributed by atoms with Crippen LogP contribution in [0.2, 0.25) is 0 Å². The second kappa shape index (κ2) is 17.2. The molecule has 70 heavy (non-hydrogen) atoms. The summed E-state index contributed by atoms with van der Waals surface area (Å²) in [5.41, 5.74) is 20.5. The van der Waals surface area contributed by atoms with Gasteiger partial charge in [0.05, 0.1) is 16.1 Å². The van der Waals surface area contributed by atoms with E-state index < -0.39 is 5.41 Å². The first kappa shape index (κ1) is 43.3. The van der Waals surface area contributed by atoms with Gasteiger partial charge in [0.15, 0.2) is 0 Å². The maximum absolute atomic E-state index is 4.36. The van der Waals surface area contributed by atoms with Gasteiger partial charge in [-0.3, -0.25) is 0 Å². The van der Waals surface area contributed by atoms with Crippen molar-refractivity contribution in [3.8, 4) is 33.4 Å². The molecule has 0 saturated carbocycles. The van der Waals surface area contributed by atoms with E-state index in [1.807, 2.05) is 11.3 Å². The summed E-state index contributed by atoms with van der Waals surface area (Å²) < 4.78 is 2.57. The average Bonchev–Trinajstić information content (AvgIpc) is 3.90. The lowest BCUT2D eigenvalue weighted by Crippen LogP contribution is -2.24. The molecule has 0 amide bonds. The number of rotatable bonds is 8. The number of aryl methyl sites for hydroxylation is 3. The second-order valence-corrected chi connectivity index (χ2v) is 20.2. The first-order valence-electron chi connectivity index (χ1n) is 24.4. The summed E-state index contributed by atoms with van der Waals surface area (Å²) in [5, 5.41) is 7.22. The lowest BCUT2D eigenvalue weighted by atomic mass is 9.73. The van der Waals surface area contributed by atoms with Crippen molar-refractivity contribution in [3.63, 3.8) is 0 Å². The number of nitrogens with zero attached hydrogens (tertiary/aromatic N) is 1. The van der Waals surface area contributed by atoms with Crippen LogP contribution in [0.5, 0.6) is 0 Å². The minimum Gasteiger partial charge on any atom is -0.308 e. The molecule has 0 fully saturated rings. The molecule has 0 aliphatic heterocycles. The second-order valence-electron chi connectivity index (χ2n) is 19.2. The fourth-order valence-electron chi connectivity index (χ4n) is 11.3. The van der Waals surface area contributed by atoms with Crippen molar-refractivity contribution in [2.75, 3.05) is 4.90 Å². The summed E-state index contributed by atoms with van der Waals surface area (Å²) in [4.78, 5) is 2.56. The third-order valence-electron chi connectivity index (χ3n) is 15.0. The van der Waals surface area contributed by atoms with Gasteiger partial charge in [0.2, 0.25) is 0 Å². The molecule has 1 atom stereocenters. The van der Waals surface area contributed by atoms with Crippen molar-refractivity contribution in [2.45, 2.75) is 40.0 Å². The molecule has 1 heterocycles. The van der Waals surface area contributed by atoms with Crippen LogP contribution >= 0.6 is 11.3 Å². The van der Waals surface area contributed by atoms with Crippen molar-refractivity contribution in [3.05, 3.63) is 268 Å². The Morgan fingerprint density at radius 2 is 1.20 bits per heavy atom. The molecule has 1 aromatic heterocycles. The van der Waals surface area contributed by atoms with Gasteiger partial charge < -0.3 is 4.90 Å². The van der Waals surface area contributed by atoms with Gasteiger partial charge >= 0.3 is 0 Å². The van der Waals surface area contributed by atoms with Crippen LogP contribution in [0.3, 0.4) is 0 Å². The lowest BCUT2D eigenvalue weighted by molar-refractivity contribution is 0.714. The van der Waals surface area contributed by atoms with E-state index in [0.29, 0.717) is 0 Å². The van der Waals surface area contributed by atoms with E-state index in [-0.39, 0.29) is 0 Å². The Morgan fingerprint density at radius 1 is 0.529 bits per heavy atom. The van der Waals surface area contributed by atoms with Gasteiger partial charge in [-0.1, -0.05) is 194 Å². The van der Waals surface area contributed by atoms with Crippen LogP contribution < -0.4 is 15.3 Å². The fraction of sp³-hybridized carbons (Fsp3) is 0.0882. The molecule has 0 radical (unpaired) electrons. The Labute approximate surface area is 415 Å². The molecule has 10 aromatic carbocycles. The van der Waals surface area contributed by atoms with Crippen LogP contribution in [-0.4, -0.2) is 0 Å².